The Morgan fingerprint density at radius 3 is 2.85 bits per heavy atom. The number of nitriles is 1. The summed E-state index contributed by atoms with van der Waals surface area (Å²) in [6.07, 6.45) is 1.60. The van der Waals surface area contributed by atoms with Crippen molar-refractivity contribution < 1.29 is 4.39 Å². The summed E-state index contributed by atoms with van der Waals surface area (Å²) in [4.78, 5) is 4.21. The first-order valence-electron chi connectivity index (χ1n) is 6.13. The van der Waals surface area contributed by atoms with Crippen molar-refractivity contribution in [2.45, 2.75) is 13.8 Å². The van der Waals surface area contributed by atoms with E-state index >= 15 is 0 Å². The second kappa shape index (κ2) is 4.42. The monoisotopic (exact) mass is 266 g/mol. The van der Waals surface area contributed by atoms with Gasteiger partial charge in [-0.15, -0.1) is 0 Å². The van der Waals surface area contributed by atoms with Crippen molar-refractivity contribution in [3.63, 3.8) is 0 Å². The SMILES string of the molecule is Cc1nc(-c2cnn3c(C)cccc23)c(F)cc1C#N. The van der Waals surface area contributed by atoms with E-state index in [1.165, 1.54) is 6.07 Å². The zero-order valence-electron chi connectivity index (χ0n) is 11.1. The highest BCUT2D eigenvalue weighted by Gasteiger charge is 2.15. The molecule has 0 bridgehead atoms. The van der Waals surface area contributed by atoms with Crippen molar-refractivity contribution in [2.24, 2.45) is 0 Å². The van der Waals surface area contributed by atoms with Gasteiger partial charge in [0.25, 0.3) is 0 Å². The van der Waals surface area contributed by atoms with Crippen molar-refractivity contribution in [3.05, 3.63) is 53.2 Å². The lowest BCUT2D eigenvalue weighted by molar-refractivity contribution is 0.624. The molecule has 20 heavy (non-hydrogen) atoms. The van der Waals surface area contributed by atoms with E-state index in [-0.39, 0.29) is 11.3 Å². The van der Waals surface area contributed by atoms with E-state index in [0.29, 0.717) is 11.3 Å². The largest absolute Gasteiger partial charge is 0.249 e. The van der Waals surface area contributed by atoms with Gasteiger partial charge in [0.05, 0.1) is 23.0 Å². The summed E-state index contributed by atoms with van der Waals surface area (Å²) in [5.41, 5.74) is 3.36. The molecule has 0 aliphatic heterocycles. The molecule has 0 saturated heterocycles. The molecule has 3 heterocycles. The van der Waals surface area contributed by atoms with Gasteiger partial charge in [-0.3, -0.25) is 0 Å². The molecule has 3 aromatic heterocycles. The van der Waals surface area contributed by atoms with Crippen molar-refractivity contribution >= 4 is 5.52 Å². The van der Waals surface area contributed by atoms with Crippen LogP contribution in [0.25, 0.3) is 16.8 Å². The summed E-state index contributed by atoms with van der Waals surface area (Å²) in [5, 5.41) is 13.2. The molecular formula is C15H11FN4. The Morgan fingerprint density at radius 2 is 2.10 bits per heavy atom. The summed E-state index contributed by atoms with van der Waals surface area (Å²) in [6, 6.07) is 8.84. The van der Waals surface area contributed by atoms with Crippen LogP contribution < -0.4 is 0 Å². The Hall–Kier alpha value is -2.74. The van der Waals surface area contributed by atoms with Gasteiger partial charge in [0.15, 0.2) is 5.82 Å². The molecule has 98 valence electrons. The lowest BCUT2D eigenvalue weighted by Crippen LogP contribution is -1.96. The third kappa shape index (κ3) is 1.74. The van der Waals surface area contributed by atoms with Crippen molar-refractivity contribution in [3.8, 4) is 17.3 Å². The zero-order valence-corrected chi connectivity index (χ0v) is 11.1. The van der Waals surface area contributed by atoms with Crippen LogP contribution in [0.1, 0.15) is 17.0 Å². The molecule has 0 aromatic carbocycles. The molecule has 4 nitrogen and oxygen atoms in total. The number of hydrogen-bond donors (Lipinski definition) is 0. The number of aromatic nitrogens is 3. The highest BCUT2D eigenvalue weighted by Crippen LogP contribution is 2.27. The summed E-state index contributed by atoms with van der Waals surface area (Å²) in [7, 11) is 0. The molecule has 0 aliphatic carbocycles. The Morgan fingerprint density at radius 1 is 1.30 bits per heavy atom. The number of pyridine rings is 2. The van der Waals surface area contributed by atoms with Crippen LogP contribution in [0.4, 0.5) is 4.39 Å². The first kappa shape index (κ1) is 12.3. The van der Waals surface area contributed by atoms with Gasteiger partial charge in [-0.1, -0.05) is 6.07 Å². The second-order valence-corrected chi connectivity index (χ2v) is 4.59. The maximum Gasteiger partial charge on any atom is 0.150 e. The van der Waals surface area contributed by atoms with Crippen LogP contribution in [0, 0.1) is 31.0 Å². The summed E-state index contributed by atoms with van der Waals surface area (Å²) in [5.74, 6) is -0.511. The number of nitrogens with zero attached hydrogens (tertiary/aromatic N) is 4. The van der Waals surface area contributed by atoms with Gasteiger partial charge in [-0.25, -0.2) is 13.9 Å². The number of aryl methyl sites for hydroxylation is 2. The molecule has 0 radical (unpaired) electrons. The second-order valence-electron chi connectivity index (χ2n) is 4.59. The molecule has 0 aliphatic rings. The van der Waals surface area contributed by atoms with E-state index in [0.717, 1.165) is 11.2 Å². The van der Waals surface area contributed by atoms with Gasteiger partial charge in [0.1, 0.15) is 11.8 Å². The molecule has 3 aromatic rings. The fourth-order valence-electron chi connectivity index (χ4n) is 2.21. The average molecular weight is 266 g/mol. The summed E-state index contributed by atoms with van der Waals surface area (Å²) >= 11 is 0. The zero-order chi connectivity index (χ0) is 14.3. The fourth-order valence-corrected chi connectivity index (χ4v) is 2.21. The number of fused-ring (bicyclic) bond motifs is 1. The van der Waals surface area contributed by atoms with Gasteiger partial charge >= 0.3 is 0 Å². The lowest BCUT2D eigenvalue weighted by atomic mass is 10.1. The van der Waals surface area contributed by atoms with Crippen molar-refractivity contribution in [1.29, 1.82) is 5.26 Å². The maximum atomic E-state index is 14.2. The molecule has 3 rings (SSSR count). The van der Waals surface area contributed by atoms with Crippen LogP contribution in [-0.4, -0.2) is 14.6 Å². The third-order valence-corrected chi connectivity index (χ3v) is 3.27. The predicted octanol–water partition coefficient (Wildman–Crippen LogP) is 3.02. The molecule has 0 spiro atoms. The van der Waals surface area contributed by atoms with E-state index in [4.69, 9.17) is 5.26 Å². The highest BCUT2D eigenvalue weighted by molar-refractivity contribution is 5.78. The number of hydrogen-bond acceptors (Lipinski definition) is 3. The number of rotatable bonds is 1. The molecule has 5 heteroatoms. The summed E-state index contributed by atoms with van der Waals surface area (Å²) < 4.78 is 15.9. The molecule has 0 fully saturated rings. The maximum absolute atomic E-state index is 14.2. The Bertz CT molecular complexity index is 858. The minimum Gasteiger partial charge on any atom is -0.249 e. The fraction of sp³-hybridized carbons (Fsp3) is 0.133. The van der Waals surface area contributed by atoms with Gasteiger partial charge in [0.2, 0.25) is 0 Å². The van der Waals surface area contributed by atoms with E-state index in [1.54, 1.807) is 17.6 Å². The van der Waals surface area contributed by atoms with Crippen LogP contribution in [-0.2, 0) is 0 Å². The average Bonchev–Trinajstić information content (AvgIpc) is 2.86. The predicted molar refractivity (Wildman–Crippen MR) is 72.6 cm³/mol. The molecule has 0 atom stereocenters. The van der Waals surface area contributed by atoms with E-state index in [9.17, 15) is 4.39 Å². The van der Waals surface area contributed by atoms with Crippen LogP contribution >= 0.6 is 0 Å². The topological polar surface area (TPSA) is 54.0 Å². The van der Waals surface area contributed by atoms with Crippen LogP contribution in [0.3, 0.4) is 0 Å². The molecule has 0 N–H and O–H groups in total. The minimum absolute atomic E-state index is 0.224. The van der Waals surface area contributed by atoms with E-state index in [1.807, 2.05) is 31.2 Å². The quantitative estimate of drug-likeness (QED) is 0.680. The van der Waals surface area contributed by atoms with Gasteiger partial charge in [-0.2, -0.15) is 10.4 Å². The highest BCUT2D eigenvalue weighted by atomic mass is 19.1. The van der Waals surface area contributed by atoms with Crippen molar-refractivity contribution in [2.75, 3.05) is 0 Å². The normalized spacial score (nSPS) is 10.7. The molecule has 0 unspecified atom stereocenters. The molecule has 0 amide bonds. The van der Waals surface area contributed by atoms with Crippen LogP contribution in [0.15, 0.2) is 30.5 Å². The van der Waals surface area contributed by atoms with E-state index < -0.39 is 5.82 Å². The smallest absolute Gasteiger partial charge is 0.150 e. The van der Waals surface area contributed by atoms with Gasteiger partial charge in [0, 0.05) is 11.3 Å². The first-order chi connectivity index (χ1) is 9.61. The standard InChI is InChI=1S/C15H11FN4/c1-9-4-3-5-14-12(8-18-20(9)14)15-13(16)6-11(7-17)10(2)19-15/h3-6,8H,1-2H3. The summed E-state index contributed by atoms with van der Waals surface area (Å²) in [6.45, 7) is 3.62. The Kier molecular flexibility index (Phi) is 2.72. The number of halogens is 1. The van der Waals surface area contributed by atoms with Gasteiger partial charge < -0.3 is 0 Å². The van der Waals surface area contributed by atoms with E-state index in [2.05, 4.69) is 10.1 Å². The Labute approximate surface area is 115 Å². The van der Waals surface area contributed by atoms with Crippen LogP contribution in [0.5, 0.6) is 0 Å². The molecular weight excluding hydrogens is 255 g/mol. The molecule has 0 saturated carbocycles. The lowest BCUT2D eigenvalue weighted by Gasteiger charge is -2.04. The van der Waals surface area contributed by atoms with Crippen molar-refractivity contribution in [1.82, 2.24) is 14.6 Å². The van der Waals surface area contributed by atoms with Crippen LogP contribution in [0.2, 0.25) is 0 Å². The Balaban J connectivity index is 2.30. The minimum atomic E-state index is -0.511. The third-order valence-electron chi connectivity index (χ3n) is 3.27. The first-order valence-corrected chi connectivity index (χ1v) is 6.13. The van der Waals surface area contributed by atoms with Gasteiger partial charge in [-0.05, 0) is 32.0 Å².